The molecule has 0 spiro atoms. The zero-order chi connectivity index (χ0) is 16.3. The van der Waals surface area contributed by atoms with Gasteiger partial charge in [0.2, 0.25) is 17.7 Å². The van der Waals surface area contributed by atoms with Gasteiger partial charge in [0.1, 0.15) is 6.04 Å². The number of aromatic nitrogens is 2. The normalized spacial score (nSPS) is 19.4. The van der Waals surface area contributed by atoms with E-state index in [1.54, 1.807) is 11.8 Å². The molecule has 0 saturated carbocycles. The van der Waals surface area contributed by atoms with Crippen LogP contribution in [0, 0.1) is 12.8 Å². The molecule has 1 aliphatic heterocycles. The summed E-state index contributed by atoms with van der Waals surface area (Å²) >= 11 is 0. The third-order valence-electron chi connectivity index (χ3n) is 3.83. The van der Waals surface area contributed by atoms with Crippen LogP contribution in [-0.4, -0.2) is 51.4 Å². The van der Waals surface area contributed by atoms with Gasteiger partial charge < -0.3 is 14.3 Å². The summed E-state index contributed by atoms with van der Waals surface area (Å²) in [6.45, 7) is 8.98. The van der Waals surface area contributed by atoms with Crippen molar-refractivity contribution < 1.29 is 14.1 Å². The lowest BCUT2D eigenvalue weighted by Crippen LogP contribution is -2.37. The van der Waals surface area contributed by atoms with Gasteiger partial charge in [-0.05, 0) is 19.3 Å². The molecule has 1 saturated heterocycles. The summed E-state index contributed by atoms with van der Waals surface area (Å²) in [6.07, 6.45) is 1.15. The van der Waals surface area contributed by atoms with E-state index in [4.69, 9.17) is 4.52 Å². The van der Waals surface area contributed by atoms with Crippen LogP contribution in [0.25, 0.3) is 0 Å². The molecule has 0 aromatic carbocycles. The van der Waals surface area contributed by atoms with Crippen LogP contribution in [0.3, 0.4) is 0 Å². The number of hydrogen-bond donors (Lipinski definition) is 0. The van der Waals surface area contributed by atoms with Crippen LogP contribution in [-0.2, 0) is 9.59 Å². The zero-order valence-electron chi connectivity index (χ0n) is 13.7. The Kier molecular flexibility index (Phi) is 5.15. The molecule has 22 heavy (non-hydrogen) atoms. The first-order valence-electron chi connectivity index (χ1n) is 7.73. The van der Waals surface area contributed by atoms with E-state index in [9.17, 15) is 9.59 Å². The van der Waals surface area contributed by atoms with Gasteiger partial charge in [-0.3, -0.25) is 9.59 Å². The quantitative estimate of drug-likeness (QED) is 0.846. The van der Waals surface area contributed by atoms with Gasteiger partial charge in [-0.25, -0.2) is 0 Å². The second-order valence-corrected chi connectivity index (χ2v) is 6.18. The minimum absolute atomic E-state index is 0.0426. The van der Waals surface area contributed by atoms with Crippen molar-refractivity contribution in [2.24, 2.45) is 5.92 Å². The molecular formula is C15H24N4O3. The third-order valence-corrected chi connectivity index (χ3v) is 3.83. The van der Waals surface area contributed by atoms with E-state index in [0.29, 0.717) is 50.1 Å². The first-order valence-corrected chi connectivity index (χ1v) is 7.73. The maximum absolute atomic E-state index is 12.3. The average molecular weight is 308 g/mol. The molecule has 1 aliphatic rings. The van der Waals surface area contributed by atoms with Crippen molar-refractivity contribution in [1.29, 1.82) is 0 Å². The molecule has 1 fully saturated rings. The summed E-state index contributed by atoms with van der Waals surface area (Å²) in [5.74, 6) is 1.43. The van der Waals surface area contributed by atoms with E-state index in [1.165, 1.54) is 6.92 Å². The Morgan fingerprint density at radius 1 is 1.32 bits per heavy atom. The summed E-state index contributed by atoms with van der Waals surface area (Å²) in [5.41, 5.74) is 0. The SMILES string of the molecule is CC(=O)N1CCN(C(=O)CC(C)C)CC[C@H]1c1nc(C)no1. The average Bonchev–Trinajstić information content (AvgIpc) is 2.73. The lowest BCUT2D eigenvalue weighted by molar-refractivity contribution is -0.134. The highest BCUT2D eigenvalue weighted by molar-refractivity contribution is 5.77. The largest absolute Gasteiger partial charge is 0.341 e. The van der Waals surface area contributed by atoms with Crippen LogP contribution in [0.5, 0.6) is 0 Å². The molecule has 1 atom stereocenters. The Bertz CT molecular complexity index is 541. The molecule has 2 rings (SSSR count). The maximum atomic E-state index is 12.3. The molecule has 7 nitrogen and oxygen atoms in total. The van der Waals surface area contributed by atoms with E-state index in [1.807, 2.05) is 18.7 Å². The molecule has 0 aliphatic carbocycles. The third kappa shape index (κ3) is 3.84. The minimum Gasteiger partial charge on any atom is -0.341 e. The Labute approximate surface area is 130 Å². The fourth-order valence-electron chi connectivity index (χ4n) is 2.74. The molecule has 1 aromatic rings. The van der Waals surface area contributed by atoms with Gasteiger partial charge in [-0.15, -0.1) is 0 Å². The number of rotatable bonds is 3. The highest BCUT2D eigenvalue weighted by Crippen LogP contribution is 2.26. The molecule has 7 heteroatoms. The molecule has 0 radical (unpaired) electrons. The predicted molar refractivity (Wildman–Crippen MR) is 79.8 cm³/mol. The summed E-state index contributed by atoms with van der Waals surface area (Å²) in [4.78, 5) is 32.0. The monoisotopic (exact) mass is 308 g/mol. The second-order valence-electron chi connectivity index (χ2n) is 6.18. The number of carbonyl (C=O) groups excluding carboxylic acids is 2. The highest BCUT2D eigenvalue weighted by atomic mass is 16.5. The van der Waals surface area contributed by atoms with E-state index in [2.05, 4.69) is 10.1 Å². The first-order chi connectivity index (χ1) is 10.4. The van der Waals surface area contributed by atoms with Gasteiger partial charge in [-0.1, -0.05) is 19.0 Å². The van der Waals surface area contributed by atoms with Crippen molar-refractivity contribution in [1.82, 2.24) is 19.9 Å². The Morgan fingerprint density at radius 2 is 2.05 bits per heavy atom. The van der Waals surface area contributed by atoms with Gasteiger partial charge >= 0.3 is 0 Å². The smallest absolute Gasteiger partial charge is 0.249 e. The molecule has 122 valence electrons. The topological polar surface area (TPSA) is 79.5 Å². The number of aryl methyl sites for hydroxylation is 1. The van der Waals surface area contributed by atoms with Crippen molar-refractivity contribution in [3.63, 3.8) is 0 Å². The van der Waals surface area contributed by atoms with E-state index >= 15 is 0 Å². The van der Waals surface area contributed by atoms with Crippen LogP contribution < -0.4 is 0 Å². The first kappa shape index (κ1) is 16.5. The fourth-order valence-corrected chi connectivity index (χ4v) is 2.74. The van der Waals surface area contributed by atoms with Crippen molar-refractivity contribution in [3.8, 4) is 0 Å². The molecule has 1 aromatic heterocycles. The standard InChI is InChI=1S/C15H24N4O3/c1-10(2)9-14(21)18-6-5-13(15-16-11(3)17-22-15)19(8-7-18)12(4)20/h10,13H,5-9H2,1-4H3/t13-/m0/s1. The van der Waals surface area contributed by atoms with Crippen LogP contribution in [0.1, 0.15) is 51.4 Å². The number of nitrogens with zero attached hydrogens (tertiary/aromatic N) is 4. The number of amides is 2. The molecule has 0 unspecified atom stereocenters. The Balaban J connectivity index is 2.14. The van der Waals surface area contributed by atoms with E-state index in [-0.39, 0.29) is 17.9 Å². The van der Waals surface area contributed by atoms with Crippen LogP contribution in [0.4, 0.5) is 0 Å². The summed E-state index contributed by atoms with van der Waals surface area (Å²) in [6, 6.07) is -0.254. The Morgan fingerprint density at radius 3 is 2.59 bits per heavy atom. The van der Waals surface area contributed by atoms with E-state index in [0.717, 1.165) is 0 Å². The van der Waals surface area contributed by atoms with Crippen molar-refractivity contribution in [3.05, 3.63) is 11.7 Å². The lowest BCUT2D eigenvalue weighted by atomic mass is 10.1. The zero-order valence-corrected chi connectivity index (χ0v) is 13.7. The van der Waals surface area contributed by atoms with Gasteiger partial charge in [-0.2, -0.15) is 4.98 Å². The van der Waals surface area contributed by atoms with Gasteiger partial charge in [0.15, 0.2) is 5.82 Å². The summed E-state index contributed by atoms with van der Waals surface area (Å²) < 4.78 is 5.24. The molecule has 2 heterocycles. The van der Waals surface area contributed by atoms with Crippen molar-refractivity contribution in [2.75, 3.05) is 19.6 Å². The minimum atomic E-state index is -0.254. The molecular weight excluding hydrogens is 284 g/mol. The highest BCUT2D eigenvalue weighted by Gasteiger charge is 2.32. The molecule has 0 N–H and O–H groups in total. The van der Waals surface area contributed by atoms with E-state index < -0.39 is 0 Å². The fraction of sp³-hybridized carbons (Fsp3) is 0.733. The van der Waals surface area contributed by atoms with Gasteiger partial charge in [0, 0.05) is 33.0 Å². The van der Waals surface area contributed by atoms with Crippen LogP contribution in [0.15, 0.2) is 4.52 Å². The van der Waals surface area contributed by atoms with Crippen molar-refractivity contribution in [2.45, 2.75) is 46.6 Å². The maximum Gasteiger partial charge on any atom is 0.249 e. The van der Waals surface area contributed by atoms with Gasteiger partial charge in [0.25, 0.3) is 0 Å². The molecule has 2 amide bonds. The number of hydrogen-bond acceptors (Lipinski definition) is 5. The summed E-state index contributed by atoms with van der Waals surface area (Å²) in [7, 11) is 0. The van der Waals surface area contributed by atoms with Crippen molar-refractivity contribution >= 4 is 11.8 Å². The number of carbonyl (C=O) groups is 2. The second kappa shape index (κ2) is 6.89. The molecule has 0 bridgehead atoms. The predicted octanol–water partition coefficient (Wildman–Crippen LogP) is 1.55. The van der Waals surface area contributed by atoms with Gasteiger partial charge in [0.05, 0.1) is 0 Å². The lowest BCUT2D eigenvalue weighted by Gasteiger charge is -2.25. The van der Waals surface area contributed by atoms with Crippen LogP contribution >= 0.6 is 0 Å². The van der Waals surface area contributed by atoms with Crippen LogP contribution in [0.2, 0.25) is 0 Å². The summed E-state index contributed by atoms with van der Waals surface area (Å²) in [5, 5.41) is 3.81. The Hall–Kier alpha value is -1.92.